The molecule has 1 aliphatic heterocycles. The van der Waals surface area contributed by atoms with E-state index in [2.05, 4.69) is 17.1 Å². The lowest BCUT2D eigenvalue weighted by Gasteiger charge is -2.43. The Hall–Kier alpha value is -3.68. The number of hydrogen-bond acceptors (Lipinski definition) is 6. The van der Waals surface area contributed by atoms with E-state index in [4.69, 9.17) is 26.1 Å². The summed E-state index contributed by atoms with van der Waals surface area (Å²) in [6.45, 7) is 6.27. The van der Waals surface area contributed by atoms with E-state index < -0.39 is 17.1 Å². The number of rotatable bonds is 5. The topological polar surface area (TPSA) is 84.8 Å². The zero-order valence-electron chi connectivity index (χ0n) is 23.2. The Morgan fingerprint density at radius 2 is 1.77 bits per heavy atom. The molecule has 1 unspecified atom stereocenters. The molecule has 3 heterocycles. The summed E-state index contributed by atoms with van der Waals surface area (Å²) in [4.78, 5) is 23.5. The van der Waals surface area contributed by atoms with Crippen LogP contribution in [0.2, 0.25) is 5.02 Å². The Balaban J connectivity index is 1.57. The Bertz CT molecular complexity index is 1490. The molecule has 2 aromatic carbocycles. The highest BCUT2D eigenvalue weighted by Crippen LogP contribution is 2.45. The lowest BCUT2D eigenvalue weighted by molar-refractivity contribution is -0.0416. The third-order valence-electron chi connectivity index (χ3n) is 7.33. The summed E-state index contributed by atoms with van der Waals surface area (Å²) in [6.07, 6.45) is 3.93. The van der Waals surface area contributed by atoms with Crippen LogP contribution < -0.4 is 4.74 Å². The van der Waals surface area contributed by atoms with Crippen LogP contribution in [0.1, 0.15) is 50.7 Å². The van der Waals surface area contributed by atoms with Gasteiger partial charge in [0.25, 0.3) is 0 Å². The first-order valence-electron chi connectivity index (χ1n) is 13.4. The maximum atomic E-state index is 12.7. The number of pyridine rings is 2. The molecule has 1 amide bonds. The van der Waals surface area contributed by atoms with Crippen molar-refractivity contribution in [2.75, 3.05) is 20.2 Å². The van der Waals surface area contributed by atoms with Crippen molar-refractivity contribution in [2.45, 2.75) is 50.7 Å². The first-order valence-corrected chi connectivity index (χ1v) is 13.8. The normalized spacial score (nSPS) is 16.0. The fourth-order valence-electron chi connectivity index (χ4n) is 5.38. The molecule has 0 spiro atoms. The first-order chi connectivity index (χ1) is 19.1. The second-order valence-electron chi connectivity index (χ2n) is 11.3. The molecule has 0 bridgehead atoms. The molecular formula is C32H34ClN3O4. The second-order valence-corrected chi connectivity index (χ2v) is 11.7. The quantitative estimate of drug-likeness (QED) is 0.288. The van der Waals surface area contributed by atoms with Gasteiger partial charge in [0.2, 0.25) is 5.88 Å². The number of methoxy groups -OCH3 is 1. The van der Waals surface area contributed by atoms with Crippen LogP contribution in [0.4, 0.5) is 4.79 Å². The van der Waals surface area contributed by atoms with Gasteiger partial charge in [0.15, 0.2) is 0 Å². The average Bonchev–Trinajstić information content (AvgIpc) is 2.93. The molecule has 8 heteroatoms. The number of hydrogen-bond donors (Lipinski definition) is 1. The zero-order valence-corrected chi connectivity index (χ0v) is 24.0. The van der Waals surface area contributed by atoms with E-state index in [-0.39, 0.29) is 6.09 Å². The maximum Gasteiger partial charge on any atom is 0.410 e. The van der Waals surface area contributed by atoms with Crippen molar-refractivity contribution < 1.29 is 19.4 Å². The van der Waals surface area contributed by atoms with Crippen LogP contribution in [0.5, 0.6) is 5.88 Å². The van der Waals surface area contributed by atoms with Crippen LogP contribution in [-0.4, -0.2) is 57.5 Å². The summed E-state index contributed by atoms with van der Waals surface area (Å²) in [6, 6.07) is 19.6. The van der Waals surface area contributed by atoms with Crippen LogP contribution in [0.15, 0.2) is 73.1 Å². The molecule has 7 nitrogen and oxygen atoms in total. The number of piperidine rings is 1. The Morgan fingerprint density at radius 1 is 1.05 bits per heavy atom. The average molecular weight is 560 g/mol. The minimum absolute atomic E-state index is 0.358. The van der Waals surface area contributed by atoms with E-state index in [0.29, 0.717) is 36.8 Å². The molecule has 1 aliphatic rings. The Labute approximate surface area is 239 Å². The van der Waals surface area contributed by atoms with Gasteiger partial charge in [0.1, 0.15) is 5.60 Å². The van der Waals surface area contributed by atoms with E-state index in [0.717, 1.165) is 33.2 Å². The molecule has 1 N–H and O–H groups in total. The fraction of sp³-hybridized carbons (Fsp3) is 0.344. The van der Waals surface area contributed by atoms with E-state index in [1.807, 2.05) is 75.5 Å². The van der Waals surface area contributed by atoms with Gasteiger partial charge in [-0.05, 0) is 81.1 Å². The number of nitrogens with zero attached hydrogens (tertiary/aromatic N) is 3. The number of carbonyl (C=O) groups excluding carboxylic acids is 1. The largest absolute Gasteiger partial charge is 0.481 e. The van der Waals surface area contributed by atoms with Gasteiger partial charge in [0, 0.05) is 52.9 Å². The van der Waals surface area contributed by atoms with Gasteiger partial charge in [-0.2, -0.15) is 0 Å². The number of halogens is 1. The molecule has 208 valence electrons. The number of ether oxygens (including phenoxy) is 2. The second kappa shape index (κ2) is 11.1. The van der Waals surface area contributed by atoms with Crippen LogP contribution in [0.3, 0.4) is 0 Å². The number of likely N-dealkylation sites (tertiary alicyclic amines) is 1. The first kappa shape index (κ1) is 27.9. The molecule has 0 aliphatic carbocycles. The fourth-order valence-corrected chi connectivity index (χ4v) is 5.51. The monoisotopic (exact) mass is 559 g/mol. The highest BCUT2D eigenvalue weighted by Gasteiger charge is 2.44. The summed E-state index contributed by atoms with van der Waals surface area (Å²) in [7, 11) is 1.59. The SMILES string of the molecule is COc1nc2ccc(-c3cccnc3)cc2cc1C(c1ccc(Cl)cc1)C1(O)CCN(C(=O)OC(C)(C)C)CC1. The van der Waals surface area contributed by atoms with Crippen molar-refractivity contribution in [3.05, 3.63) is 89.2 Å². The number of aromatic nitrogens is 2. The summed E-state index contributed by atoms with van der Waals surface area (Å²) < 4.78 is 11.4. The number of benzene rings is 2. The Morgan fingerprint density at radius 3 is 2.40 bits per heavy atom. The minimum Gasteiger partial charge on any atom is -0.481 e. The van der Waals surface area contributed by atoms with Gasteiger partial charge in [0.05, 0.1) is 18.2 Å². The molecule has 4 aromatic rings. The van der Waals surface area contributed by atoms with E-state index in [1.54, 1.807) is 18.2 Å². The van der Waals surface area contributed by atoms with E-state index in [9.17, 15) is 9.90 Å². The van der Waals surface area contributed by atoms with Gasteiger partial charge in [-0.25, -0.2) is 9.78 Å². The number of fused-ring (bicyclic) bond motifs is 1. The van der Waals surface area contributed by atoms with Crippen molar-refractivity contribution in [1.29, 1.82) is 0 Å². The molecular weight excluding hydrogens is 526 g/mol. The van der Waals surface area contributed by atoms with Gasteiger partial charge >= 0.3 is 6.09 Å². The lowest BCUT2D eigenvalue weighted by atomic mass is 9.72. The molecule has 1 fully saturated rings. The lowest BCUT2D eigenvalue weighted by Crippen LogP contribution is -2.50. The minimum atomic E-state index is -1.17. The molecule has 1 atom stereocenters. The van der Waals surface area contributed by atoms with Crippen LogP contribution in [0, 0.1) is 0 Å². The van der Waals surface area contributed by atoms with Gasteiger partial charge < -0.3 is 19.5 Å². The highest BCUT2D eigenvalue weighted by molar-refractivity contribution is 6.30. The van der Waals surface area contributed by atoms with Gasteiger partial charge in [-0.3, -0.25) is 4.98 Å². The predicted molar refractivity (Wildman–Crippen MR) is 157 cm³/mol. The van der Waals surface area contributed by atoms with E-state index in [1.165, 1.54) is 0 Å². The highest BCUT2D eigenvalue weighted by atomic mass is 35.5. The molecule has 40 heavy (non-hydrogen) atoms. The van der Waals surface area contributed by atoms with Crippen molar-refractivity contribution >= 4 is 28.6 Å². The summed E-state index contributed by atoms with van der Waals surface area (Å²) in [5, 5.41) is 13.8. The number of amides is 1. The van der Waals surface area contributed by atoms with Gasteiger partial charge in [-0.15, -0.1) is 0 Å². The predicted octanol–water partition coefficient (Wildman–Crippen LogP) is 6.85. The van der Waals surface area contributed by atoms with Crippen LogP contribution >= 0.6 is 11.6 Å². The molecule has 1 saturated heterocycles. The molecule has 2 aromatic heterocycles. The Kier molecular flexibility index (Phi) is 7.71. The van der Waals surface area contributed by atoms with Crippen LogP contribution in [0.25, 0.3) is 22.0 Å². The third-order valence-corrected chi connectivity index (χ3v) is 7.58. The third kappa shape index (κ3) is 5.91. The molecule has 0 saturated carbocycles. The number of aliphatic hydroxyl groups is 1. The van der Waals surface area contributed by atoms with Gasteiger partial charge in [-0.1, -0.05) is 35.9 Å². The number of carbonyl (C=O) groups is 1. The summed E-state index contributed by atoms with van der Waals surface area (Å²) in [5.41, 5.74) is 2.71. The smallest absolute Gasteiger partial charge is 0.410 e. The maximum absolute atomic E-state index is 12.7. The standard InChI is InChI=1S/C32H34ClN3O4/c1-31(2,3)40-30(37)36-16-13-32(38,14-17-36)28(21-7-10-25(33)11-8-21)26-19-24-18-22(23-6-5-15-34-20-23)9-12-27(24)35-29(26)39-4/h5-12,15,18-20,28,38H,13-14,16-17H2,1-4H3. The summed E-state index contributed by atoms with van der Waals surface area (Å²) >= 11 is 6.24. The summed E-state index contributed by atoms with van der Waals surface area (Å²) in [5.74, 6) is -0.0241. The van der Waals surface area contributed by atoms with Crippen molar-refractivity contribution in [3.63, 3.8) is 0 Å². The van der Waals surface area contributed by atoms with Crippen molar-refractivity contribution in [3.8, 4) is 17.0 Å². The van der Waals surface area contributed by atoms with Crippen molar-refractivity contribution in [2.24, 2.45) is 0 Å². The van der Waals surface area contributed by atoms with E-state index >= 15 is 0 Å². The molecule has 5 rings (SSSR count). The van der Waals surface area contributed by atoms with Crippen molar-refractivity contribution in [1.82, 2.24) is 14.9 Å². The zero-order chi connectivity index (χ0) is 28.5. The molecule has 0 radical (unpaired) electrons. The van der Waals surface area contributed by atoms with Crippen LogP contribution in [-0.2, 0) is 4.74 Å².